The van der Waals surface area contributed by atoms with Crippen LogP contribution in [0.2, 0.25) is 0 Å². The summed E-state index contributed by atoms with van der Waals surface area (Å²) in [6, 6.07) is 19.1. The third kappa shape index (κ3) is 3.65. The number of aromatic nitrogens is 1. The highest BCUT2D eigenvalue weighted by atomic mass is 16.5. The Hall–Kier alpha value is -3.39. The van der Waals surface area contributed by atoms with Gasteiger partial charge in [0.2, 0.25) is 5.76 Å². The summed E-state index contributed by atoms with van der Waals surface area (Å²) in [6.07, 6.45) is 0.234. The molecule has 0 saturated carbocycles. The molecule has 5 nitrogen and oxygen atoms in total. The number of amides is 1. The Balaban J connectivity index is 1.92. The molecule has 0 radical (unpaired) electrons. The number of hydrogen-bond acceptors (Lipinski definition) is 4. The fourth-order valence-electron chi connectivity index (χ4n) is 2.66. The van der Waals surface area contributed by atoms with Gasteiger partial charge in [0.05, 0.1) is 12.5 Å². The monoisotopic (exact) mass is 345 g/mol. The van der Waals surface area contributed by atoms with E-state index in [1.54, 1.807) is 11.0 Å². The molecule has 130 valence electrons. The van der Waals surface area contributed by atoms with Gasteiger partial charge in [-0.05, 0) is 37.1 Å². The predicted molar refractivity (Wildman–Crippen MR) is 99.8 cm³/mol. The van der Waals surface area contributed by atoms with E-state index in [1.165, 1.54) is 0 Å². The van der Waals surface area contributed by atoms with E-state index in [1.807, 2.05) is 62.4 Å². The minimum atomic E-state index is -0.307. The summed E-state index contributed by atoms with van der Waals surface area (Å²) >= 11 is 0. The van der Waals surface area contributed by atoms with Crippen LogP contribution in [0.3, 0.4) is 0 Å². The lowest BCUT2D eigenvalue weighted by atomic mass is 10.1. The molecule has 1 aromatic heterocycles. The third-order valence-electron chi connectivity index (χ3n) is 4.29. The van der Waals surface area contributed by atoms with Crippen LogP contribution in [0.25, 0.3) is 11.3 Å². The summed E-state index contributed by atoms with van der Waals surface area (Å²) in [5, 5.41) is 13.0. The SMILES string of the molecule is Cc1ccc(N(CCC#N)C(=O)c2cc(-c3ccccc3)no2)cc1C. The van der Waals surface area contributed by atoms with Gasteiger partial charge in [0.15, 0.2) is 0 Å². The molecule has 0 atom stereocenters. The van der Waals surface area contributed by atoms with Crippen molar-refractivity contribution in [2.24, 2.45) is 0 Å². The second-order valence-electron chi connectivity index (χ2n) is 6.08. The van der Waals surface area contributed by atoms with Crippen LogP contribution >= 0.6 is 0 Å². The maximum atomic E-state index is 13.0. The van der Waals surface area contributed by atoms with Crippen LogP contribution in [0.5, 0.6) is 0 Å². The van der Waals surface area contributed by atoms with Crippen molar-refractivity contribution >= 4 is 11.6 Å². The van der Waals surface area contributed by atoms with Crippen molar-refractivity contribution in [3.63, 3.8) is 0 Å². The van der Waals surface area contributed by atoms with Crippen LogP contribution in [-0.2, 0) is 0 Å². The lowest BCUT2D eigenvalue weighted by molar-refractivity contribution is 0.0952. The third-order valence-corrected chi connectivity index (χ3v) is 4.29. The van der Waals surface area contributed by atoms with Crippen molar-refractivity contribution in [3.05, 3.63) is 71.5 Å². The fraction of sp³-hybridized carbons (Fsp3) is 0.190. The molecule has 3 rings (SSSR count). The average molecular weight is 345 g/mol. The number of rotatable bonds is 5. The van der Waals surface area contributed by atoms with Crippen LogP contribution in [-0.4, -0.2) is 17.6 Å². The molecule has 2 aromatic carbocycles. The van der Waals surface area contributed by atoms with Gasteiger partial charge in [0, 0.05) is 23.9 Å². The van der Waals surface area contributed by atoms with Gasteiger partial charge in [-0.1, -0.05) is 41.6 Å². The first kappa shape index (κ1) is 17.4. The van der Waals surface area contributed by atoms with Gasteiger partial charge in [0.1, 0.15) is 5.69 Å². The Kier molecular flexibility index (Phi) is 5.14. The van der Waals surface area contributed by atoms with Crippen LogP contribution < -0.4 is 4.90 Å². The topological polar surface area (TPSA) is 70.1 Å². The molecule has 0 aliphatic carbocycles. The molecule has 0 aliphatic rings. The maximum absolute atomic E-state index is 13.0. The Morgan fingerprint density at radius 2 is 1.88 bits per heavy atom. The molecule has 0 saturated heterocycles. The molecule has 0 fully saturated rings. The van der Waals surface area contributed by atoms with Crippen LogP contribution in [0, 0.1) is 25.2 Å². The molecule has 1 amide bonds. The van der Waals surface area contributed by atoms with Gasteiger partial charge in [-0.15, -0.1) is 0 Å². The Labute approximate surface area is 152 Å². The number of benzene rings is 2. The smallest absolute Gasteiger partial charge is 0.296 e. The lowest BCUT2D eigenvalue weighted by Gasteiger charge is -2.21. The number of carbonyl (C=O) groups is 1. The number of anilines is 1. The number of carbonyl (C=O) groups excluding carboxylic acids is 1. The molecule has 0 spiro atoms. The fourth-order valence-corrected chi connectivity index (χ4v) is 2.66. The first-order valence-electron chi connectivity index (χ1n) is 8.38. The molecule has 3 aromatic rings. The van der Waals surface area contributed by atoms with Gasteiger partial charge in [-0.3, -0.25) is 4.79 Å². The molecule has 0 bridgehead atoms. The highest BCUT2D eigenvalue weighted by molar-refractivity contribution is 6.04. The van der Waals surface area contributed by atoms with Crippen molar-refractivity contribution in [1.82, 2.24) is 5.16 Å². The minimum Gasteiger partial charge on any atom is -0.350 e. The first-order valence-corrected chi connectivity index (χ1v) is 8.38. The Bertz CT molecular complexity index is 955. The number of nitriles is 1. The van der Waals surface area contributed by atoms with Crippen molar-refractivity contribution < 1.29 is 9.32 Å². The van der Waals surface area contributed by atoms with Gasteiger partial charge >= 0.3 is 0 Å². The lowest BCUT2D eigenvalue weighted by Crippen LogP contribution is -2.31. The maximum Gasteiger partial charge on any atom is 0.296 e. The number of aryl methyl sites for hydroxylation is 2. The summed E-state index contributed by atoms with van der Waals surface area (Å²) in [5.41, 5.74) is 4.46. The van der Waals surface area contributed by atoms with Crippen molar-refractivity contribution in [3.8, 4) is 17.3 Å². The second kappa shape index (κ2) is 7.66. The molecule has 0 unspecified atom stereocenters. The van der Waals surface area contributed by atoms with E-state index in [9.17, 15) is 4.79 Å². The molecule has 0 N–H and O–H groups in total. The quantitative estimate of drug-likeness (QED) is 0.682. The number of nitrogens with zero attached hydrogens (tertiary/aromatic N) is 3. The first-order chi connectivity index (χ1) is 12.6. The highest BCUT2D eigenvalue weighted by Gasteiger charge is 2.22. The molecule has 1 heterocycles. The summed E-state index contributed by atoms with van der Waals surface area (Å²) in [4.78, 5) is 14.5. The standard InChI is InChI=1S/C21H19N3O2/c1-15-9-10-18(13-16(15)2)24(12-6-11-22)21(25)20-14-19(23-26-20)17-7-4-3-5-8-17/h3-5,7-10,13-14H,6,12H2,1-2H3. The summed E-state index contributed by atoms with van der Waals surface area (Å²) in [5.74, 6) is -0.154. The Morgan fingerprint density at radius 1 is 1.12 bits per heavy atom. The van der Waals surface area contributed by atoms with E-state index in [0.717, 1.165) is 22.4 Å². The van der Waals surface area contributed by atoms with Crippen molar-refractivity contribution in [1.29, 1.82) is 5.26 Å². The highest BCUT2D eigenvalue weighted by Crippen LogP contribution is 2.24. The normalized spacial score (nSPS) is 10.3. The van der Waals surface area contributed by atoms with Gasteiger partial charge < -0.3 is 9.42 Å². The zero-order chi connectivity index (χ0) is 18.5. The van der Waals surface area contributed by atoms with E-state index in [-0.39, 0.29) is 18.1 Å². The van der Waals surface area contributed by atoms with Gasteiger partial charge in [-0.2, -0.15) is 5.26 Å². The predicted octanol–water partition coefficient (Wildman–Crippen LogP) is 4.52. The van der Waals surface area contributed by atoms with Crippen LogP contribution in [0.15, 0.2) is 59.1 Å². The zero-order valence-corrected chi connectivity index (χ0v) is 14.8. The molecule has 0 aliphatic heterocycles. The molecule has 26 heavy (non-hydrogen) atoms. The molecular formula is C21H19N3O2. The minimum absolute atomic E-state index is 0.153. The zero-order valence-electron chi connectivity index (χ0n) is 14.8. The summed E-state index contributed by atoms with van der Waals surface area (Å²) < 4.78 is 5.29. The van der Waals surface area contributed by atoms with Crippen LogP contribution in [0.1, 0.15) is 28.1 Å². The average Bonchev–Trinajstić information content (AvgIpc) is 3.15. The van der Waals surface area contributed by atoms with E-state index < -0.39 is 0 Å². The molecular weight excluding hydrogens is 326 g/mol. The largest absolute Gasteiger partial charge is 0.350 e. The van der Waals surface area contributed by atoms with Crippen molar-refractivity contribution in [2.75, 3.05) is 11.4 Å². The molecule has 5 heteroatoms. The van der Waals surface area contributed by atoms with Crippen molar-refractivity contribution in [2.45, 2.75) is 20.3 Å². The van der Waals surface area contributed by atoms with E-state index >= 15 is 0 Å². The van der Waals surface area contributed by atoms with E-state index in [4.69, 9.17) is 9.78 Å². The van der Waals surface area contributed by atoms with E-state index in [2.05, 4.69) is 11.2 Å². The van der Waals surface area contributed by atoms with Crippen LogP contribution in [0.4, 0.5) is 5.69 Å². The van der Waals surface area contributed by atoms with Gasteiger partial charge in [0.25, 0.3) is 5.91 Å². The second-order valence-corrected chi connectivity index (χ2v) is 6.08. The Morgan fingerprint density at radius 3 is 2.58 bits per heavy atom. The van der Waals surface area contributed by atoms with Gasteiger partial charge in [-0.25, -0.2) is 0 Å². The number of hydrogen-bond donors (Lipinski definition) is 0. The summed E-state index contributed by atoms with van der Waals surface area (Å²) in [6.45, 7) is 4.30. The summed E-state index contributed by atoms with van der Waals surface area (Å²) in [7, 11) is 0. The van der Waals surface area contributed by atoms with E-state index in [0.29, 0.717) is 12.2 Å².